The summed E-state index contributed by atoms with van der Waals surface area (Å²) in [5, 5.41) is 4.03. The standard InChI is InChI=1S/C23H27N3O2S/c1-16-17(2)29-23(24-22(27)19-10-7-15-28-19)20(16)21(18-8-5-4-6-9-18)26-13-11-25(3)12-14-26/h4-10,15,21H,11-14H2,1-3H3,(H,24,27). The maximum absolute atomic E-state index is 12.7. The molecular weight excluding hydrogens is 382 g/mol. The molecular formula is C23H27N3O2S. The lowest BCUT2D eigenvalue weighted by molar-refractivity contribution is 0.0996. The molecule has 0 bridgehead atoms. The molecule has 0 spiro atoms. The number of nitrogens with zero attached hydrogens (tertiary/aromatic N) is 2. The topological polar surface area (TPSA) is 48.7 Å². The lowest BCUT2D eigenvalue weighted by atomic mass is 9.94. The maximum Gasteiger partial charge on any atom is 0.291 e. The second-order valence-electron chi connectivity index (χ2n) is 7.61. The van der Waals surface area contributed by atoms with E-state index >= 15 is 0 Å². The number of piperazine rings is 1. The Morgan fingerprint density at radius 3 is 2.45 bits per heavy atom. The van der Waals surface area contributed by atoms with E-state index in [1.807, 2.05) is 0 Å². The minimum atomic E-state index is -0.206. The minimum Gasteiger partial charge on any atom is -0.459 e. The van der Waals surface area contributed by atoms with E-state index in [0.29, 0.717) is 5.76 Å². The Balaban J connectivity index is 1.75. The van der Waals surface area contributed by atoms with Crippen LogP contribution in [0.15, 0.2) is 53.1 Å². The molecule has 4 rings (SSSR count). The van der Waals surface area contributed by atoms with Crippen LogP contribution in [0.4, 0.5) is 5.00 Å². The van der Waals surface area contributed by atoms with Crippen molar-refractivity contribution in [2.45, 2.75) is 19.9 Å². The summed E-state index contributed by atoms with van der Waals surface area (Å²) in [7, 11) is 2.17. The Morgan fingerprint density at radius 2 is 1.79 bits per heavy atom. The molecule has 1 N–H and O–H groups in total. The molecule has 0 saturated carbocycles. The fourth-order valence-electron chi connectivity index (χ4n) is 3.91. The van der Waals surface area contributed by atoms with Gasteiger partial charge in [-0.1, -0.05) is 30.3 Å². The minimum absolute atomic E-state index is 0.113. The molecule has 1 aromatic carbocycles. The molecule has 1 unspecified atom stereocenters. The Kier molecular flexibility index (Phi) is 5.85. The summed E-state index contributed by atoms with van der Waals surface area (Å²) in [6.45, 7) is 8.36. The third-order valence-corrected chi connectivity index (χ3v) is 6.83. The zero-order valence-corrected chi connectivity index (χ0v) is 18.0. The summed E-state index contributed by atoms with van der Waals surface area (Å²) in [4.78, 5) is 18.8. The molecule has 1 aliphatic heterocycles. The monoisotopic (exact) mass is 409 g/mol. The highest BCUT2D eigenvalue weighted by Crippen LogP contribution is 2.42. The Labute approximate surface area is 175 Å². The van der Waals surface area contributed by atoms with Crippen LogP contribution >= 0.6 is 11.3 Å². The third-order valence-electron chi connectivity index (χ3n) is 5.70. The quantitative estimate of drug-likeness (QED) is 0.672. The highest BCUT2D eigenvalue weighted by Gasteiger charge is 2.31. The average Bonchev–Trinajstić information content (AvgIpc) is 3.35. The number of thiophene rings is 1. The van der Waals surface area contributed by atoms with Gasteiger partial charge < -0.3 is 14.6 Å². The summed E-state index contributed by atoms with van der Waals surface area (Å²) in [6, 6.07) is 14.1. The van der Waals surface area contributed by atoms with Crippen LogP contribution in [0.2, 0.25) is 0 Å². The van der Waals surface area contributed by atoms with Crippen molar-refractivity contribution in [3.05, 3.63) is 76.1 Å². The van der Waals surface area contributed by atoms with Crippen LogP contribution < -0.4 is 5.32 Å². The molecule has 1 amide bonds. The van der Waals surface area contributed by atoms with Crippen LogP contribution in [-0.4, -0.2) is 48.9 Å². The van der Waals surface area contributed by atoms with Crippen molar-refractivity contribution in [2.24, 2.45) is 0 Å². The first-order chi connectivity index (χ1) is 14.0. The van der Waals surface area contributed by atoms with Gasteiger partial charge in [0.25, 0.3) is 5.91 Å². The maximum atomic E-state index is 12.7. The first kappa shape index (κ1) is 19.9. The van der Waals surface area contributed by atoms with Crippen LogP contribution in [0, 0.1) is 13.8 Å². The van der Waals surface area contributed by atoms with Crippen molar-refractivity contribution in [1.29, 1.82) is 0 Å². The number of rotatable bonds is 5. The number of anilines is 1. The molecule has 0 aliphatic carbocycles. The number of carbonyl (C=O) groups excluding carboxylic acids is 1. The number of hydrogen-bond acceptors (Lipinski definition) is 5. The summed E-state index contributed by atoms with van der Waals surface area (Å²) >= 11 is 1.64. The molecule has 3 heterocycles. The lowest BCUT2D eigenvalue weighted by Gasteiger charge is -2.39. The van der Waals surface area contributed by atoms with Gasteiger partial charge in [-0.05, 0) is 44.2 Å². The van der Waals surface area contributed by atoms with Crippen molar-refractivity contribution in [2.75, 3.05) is 38.5 Å². The molecule has 2 aromatic heterocycles. The van der Waals surface area contributed by atoms with Gasteiger partial charge in [0, 0.05) is 36.6 Å². The van der Waals surface area contributed by atoms with E-state index in [1.165, 1.54) is 27.8 Å². The summed E-state index contributed by atoms with van der Waals surface area (Å²) in [5.41, 5.74) is 3.70. The van der Waals surface area contributed by atoms with Gasteiger partial charge >= 0.3 is 0 Å². The zero-order chi connectivity index (χ0) is 20.4. The van der Waals surface area contributed by atoms with Crippen LogP contribution in [-0.2, 0) is 0 Å². The molecule has 1 atom stereocenters. The highest BCUT2D eigenvalue weighted by molar-refractivity contribution is 7.16. The van der Waals surface area contributed by atoms with E-state index in [2.05, 4.69) is 66.3 Å². The van der Waals surface area contributed by atoms with Crippen molar-refractivity contribution in [3.8, 4) is 0 Å². The molecule has 1 fully saturated rings. The van der Waals surface area contributed by atoms with Crippen LogP contribution in [0.1, 0.15) is 38.2 Å². The number of likely N-dealkylation sites (N-methyl/N-ethyl adjacent to an activating group) is 1. The smallest absolute Gasteiger partial charge is 0.291 e. The normalized spacial score (nSPS) is 16.7. The van der Waals surface area contributed by atoms with Crippen LogP contribution in [0.5, 0.6) is 0 Å². The van der Waals surface area contributed by atoms with Gasteiger partial charge in [-0.25, -0.2) is 0 Å². The number of amides is 1. The summed E-state index contributed by atoms with van der Waals surface area (Å²) < 4.78 is 5.29. The average molecular weight is 410 g/mol. The Bertz CT molecular complexity index is 958. The predicted molar refractivity (Wildman–Crippen MR) is 118 cm³/mol. The second kappa shape index (κ2) is 8.53. The molecule has 5 nitrogen and oxygen atoms in total. The number of benzene rings is 1. The molecule has 1 saturated heterocycles. The second-order valence-corrected chi connectivity index (χ2v) is 8.83. The molecule has 1 aliphatic rings. The van der Waals surface area contributed by atoms with Crippen molar-refractivity contribution >= 4 is 22.2 Å². The Morgan fingerprint density at radius 1 is 1.07 bits per heavy atom. The first-order valence-corrected chi connectivity index (χ1v) is 10.8. The fraction of sp³-hybridized carbons (Fsp3) is 0.348. The number of nitrogens with one attached hydrogen (secondary N) is 1. The van der Waals surface area contributed by atoms with Crippen molar-refractivity contribution < 1.29 is 9.21 Å². The number of carbonyl (C=O) groups is 1. The van der Waals surface area contributed by atoms with Gasteiger partial charge in [0.05, 0.1) is 12.3 Å². The lowest BCUT2D eigenvalue weighted by Crippen LogP contribution is -2.46. The van der Waals surface area contributed by atoms with Gasteiger partial charge in [-0.15, -0.1) is 11.3 Å². The Hall–Kier alpha value is -2.41. The van der Waals surface area contributed by atoms with Gasteiger partial charge in [0.2, 0.25) is 0 Å². The van der Waals surface area contributed by atoms with Crippen LogP contribution in [0.25, 0.3) is 0 Å². The fourth-order valence-corrected chi connectivity index (χ4v) is 5.00. The van der Waals surface area contributed by atoms with E-state index in [0.717, 1.165) is 31.2 Å². The highest BCUT2D eigenvalue weighted by atomic mass is 32.1. The van der Waals surface area contributed by atoms with Crippen molar-refractivity contribution in [3.63, 3.8) is 0 Å². The van der Waals surface area contributed by atoms with E-state index in [4.69, 9.17) is 4.42 Å². The van der Waals surface area contributed by atoms with E-state index < -0.39 is 0 Å². The first-order valence-electron chi connectivity index (χ1n) is 9.97. The van der Waals surface area contributed by atoms with Gasteiger partial charge in [0.1, 0.15) is 5.00 Å². The number of aryl methyl sites for hydroxylation is 1. The largest absolute Gasteiger partial charge is 0.459 e. The van der Waals surface area contributed by atoms with E-state index in [-0.39, 0.29) is 11.9 Å². The van der Waals surface area contributed by atoms with Gasteiger partial charge in [0.15, 0.2) is 5.76 Å². The van der Waals surface area contributed by atoms with E-state index in [9.17, 15) is 4.79 Å². The number of hydrogen-bond donors (Lipinski definition) is 1. The van der Waals surface area contributed by atoms with Crippen molar-refractivity contribution in [1.82, 2.24) is 9.80 Å². The summed E-state index contributed by atoms with van der Waals surface area (Å²) in [6.07, 6.45) is 1.53. The SMILES string of the molecule is Cc1sc(NC(=O)c2ccco2)c(C(c2ccccc2)N2CCN(C)CC2)c1C. The third kappa shape index (κ3) is 4.15. The molecule has 3 aromatic rings. The van der Waals surface area contributed by atoms with E-state index in [1.54, 1.807) is 23.5 Å². The molecule has 29 heavy (non-hydrogen) atoms. The molecule has 152 valence electrons. The zero-order valence-electron chi connectivity index (χ0n) is 17.1. The molecule has 0 radical (unpaired) electrons. The summed E-state index contributed by atoms with van der Waals surface area (Å²) in [5.74, 6) is 0.123. The number of furan rings is 1. The molecule has 6 heteroatoms. The van der Waals surface area contributed by atoms with Gasteiger partial charge in [-0.3, -0.25) is 9.69 Å². The predicted octanol–water partition coefficient (Wildman–Crippen LogP) is 4.55. The van der Waals surface area contributed by atoms with Crippen LogP contribution in [0.3, 0.4) is 0 Å². The van der Waals surface area contributed by atoms with Gasteiger partial charge in [-0.2, -0.15) is 0 Å².